The molecule has 0 saturated carbocycles. The van der Waals surface area contributed by atoms with E-state index in [1.807, 2.05) is 55.8 Å². The topological polar surface area (TPSA) is 89.2 Å². The third-order valence-electron chi connectivity index (χ3n) is 4.54. The van der Waals surface area contributed by atoms with Crippen LogP contribution in [-0.4, -0.2) is 27.4 Å². The van der Waals surface area contributed by atoms with Crippen molar-refractivity contribution in [3.8, 4) is 5.69 Å². The number of nitrogens with one attached hydrogen (secondary N) is 2. The van der Waals surface area contributed by atoms with Crippen LogP contribution in [0.1, 0.15) is 42.9 Å². The molecular formula is C21H24N4O3. The fourth-order valence-corrected chi connectivity index (χ4v) is 2.89. The number of aromatic nitrogens is 2. The van der Waals surface area contributed by atoms with E-state index in [1.165, 1.54) is 6.26 Å². The third-order valence-corrected chi connectivity index (χ3v) is 4.54. The van der Waals surface area contributed by atoms with Crippen molar-refractivity contribution in [1.82, 2.24) is 20.2 Å². The zero-order valence-corrected chi connectivity index (χ0v) is 16.1. The van der Waals surface area contributed by atoms with Crippen LogP contribution >= 0.6 is 0 Å². The Kier molecular flexibility index (Phi) is 5.93. The van der Waals surface area contributed by atoms with Gasteiger partial charge < -0.3 is 19.6 Å². The molecular weight excluding hydrogens is 356 g/mol. The van der Waals surface area contributed by atoms with Gasteiger partial charge in [-0.3, -0.25) is 9.59 Å². The van der Waals surface area contributed by atoms with Crippen molar-refractivity contribution in [2.24, 2.45) is 5.92 Å². The van der Waals surface area contributed by atoms with Gasteiger partial charge in [-0.05, 0) is 42.7 Å². The van der Waals surface area contributed by atoms with Crippen LogP contribution in [0, 0.1) is 5.92 Å². The minimum Gasteiger partial charge on any atom is -0.459 e. The van der Waals surface area contributed by atoms with Crippen molar-refractivity contribution in [2.45, 2.75) is 32.9 Å². The maximum absolute atomic E-state index is 12.8. The number of carbonyl (C=O) groups excluding carboxylic acids is 2. The van der Waals surface area contributed by atoms with Crippen LogP contribution in [0.15, 0.2) is 65.8 Å². The van der Waals surface area contributed by atoms with Gasteiger partial charge in [-0.1, -0.05) is 26.0 Å². The SMILES string of the molecule is CC(NC(=O)C(NC(=O)c1ccco1)C(C)C)c1ccc(-n2ccnc2)cc1. The van der Waals surface area contributed by atoms with E-state index in [0.717, 1.165) is 11.3 Å². The van der Waals surface area contributed by atoms with Gasteiger partial charge in [-0.25, -0.2) is 4.98 Å². The molecule has 2 aromatic heterocycles. The summed E-state index contributed by atoms with van der Waals surface area (Å²) in [6.07, 6.45) is 6.75. The zero-order chi connectivity index (χ0) is 20.1. The normalized spacial score (nSPS) is 13.1. The summed E-state index contributed by atoms with van der Waals surface area (Å²) in [6, 6.07) is 10.2. The monoisotopic (exact) mass is 380 g/mol. The van der Waals surface area contributed by atoms with Crippen LogP contribution in [-0.2, 0) is 4.79 Å². The lowest BCUT2D eigenvalue weighted by atomic mass is 10.0. The first-order valence-corrected chi connectivity index (χ1v) is 9.18. The number of carbonyl (C=O) groups is 2. The van der Waals surface area contributed by atoms with E-state index in [1.54, 1.807) is 24.7 Å². The Hall–Kier alpha value is -3.35. The Morgan fingerprint density at radius 2 is 1.82 bits per heavy atom. The molecule has 0 fully saturated rings. The Labute approximate surface area is 163 Å². The van der Waals surface area contributed by atoms with E-state index in [-0.39, 0.29) is 23.6 Å². The first-order chi connectivity index (χ1) is 13.5. The van der Waals surface area contributed by atoms with E-state index in [9.17, 15) is 9.59 Å². The van der Waals surface area contributed by atoms with Crippen LogP contribution in [0.5, 0.6) is 0 Å². The molecule has 2 amide bonds. The van der Waals surface area contributed by atoms with Gasteiger partial charge in [-0.2, -0.15) is 0 Å². The smallest absolute Gasteiger partial charge is 0.287 e. The Balaban J connectivity index is 1.64. The molecule has 0 aliphatic carbocycles. The average Bonchev–Trinajstić information content (AvgIpc) is 3.39. The fourth-order valence-electron chi connectivity index (χ4n) is 2.89. The van der Waals surface area contributed by atoms with Crippen LogP contribution < -0.4 is 10.6 Å². The molecule has 7 heteroatoms. The highest BCUT2D eigenvalue weighted by atomic mass is 16.3. The van der Waals surface area contributed by atoms with Crippen LogP contribution in [0.25, 0.3) is 5.69 Å². The summed E-state index contributed by atoms with van der Waals surface area (Å²) in [5, 5.41) is 5.73. The minimum absolute atomic E-state index is 0.0743. The summed E-state index contributed by atoms with van der Waals surface area (Å²) in [5.41, 5.74) is 1.96. The number of furan rings is 1. The molecule has 0 saturated heterocycles. The van der Waals surface area contributed by atoms with Crippen molar-refractivity contribution in [3.05, 3.63) is 72.7 Å². The largest absolute Gasteiger partial charge is 0.459 e. The van der Waals surface area contributed by atoms with Crippen molar-refractivity contribution < 1.29 is 14.0 Å². The lowest BCUT2D eigenvalue weighted by Crippen LogP contribution is -2.50. The van der Waals surface area contributed by atoms with Gasteiger partial charge in [0, 0.05) is 18.1 Å². The second kappa shape index (κ2) is 8.56. The molecule has 146 valence electrons. The van der Waals surface area contributed by atoms with Gasteiger partial charge in [0.1, 0.15) is 6.04 Å². The standard InChI is InChI=1S/C21H24N4O3/c1-14(2)19(24-20(26)18-5-4-12-28-18)21(27)23-15(3)16-6-8-17(9-7-16)25-11-10-22-13-25/h4-15,19H,1-3H3,(H,23,27)(H,24,26). The molecule has 0 bridgehead atoms. The second-order valence-electron chi connectivity index (χ2n) is 6.96. The molecule has 0 radical (unpaired) electrons. The molecule has 3 rings (SSSR count). The highest BCUT2D eigenvalue weighted by Gasteiger charge is 2.26. The number of imidazole rings is 1. The average molecular weight is 380 g/mol. The molecule has 1 aromatic carbocycles. The van der Waals surface area contributed by atoms with Gasteiger partial charge in [0.25, 0.3) is 5.91 Å². The van der Waals surface area contributed by atoms with E-state index in [0.29, 0.717) is 0 Å². The van der Waals surface area contributed by atoms with E-state index in [2.05, 4.69) is 15.6 Å². The predicted octanol–water partition coefficient (Wildman–Crippen LogP) is 3.10. The van der Waals surface area contributed by atoms with Crippen LogP contribution in [0.2, 0.25) is 0 Å². The number of amides is 2. The lowest BCUT2D eigenvalue weighted by molar-refractivity contribution is -0.124. The third kappa shape index (κ3) is 4.49. The quantitative estimate of drug-likeness (QED) is 0.659. The van der Waals surface area contributed by atoms with Gasteiger partial charge >= 0.3 is 0 Å². The van der Waals surface area contributed by atoms with Crippen LogP contribution in [0.4, 0.5) is 0 Å². The Morgan fingerprint density at radius 1 is 1.07 bits per heavy atom. The van der Waals surface area contributed by atoms with Gasteiger partial charge in [0.2, 0.25) is 5.91 Å². The number of benzene rings is 1. The van der Waals surface area contributed by atoms with Crippen molar-refractivity contribution in [1.29, 1.82) is 0 Å². The predicted molar refractivity (Wildman–Crippen MR) is 105 cm³/mol. The number of hydrogen-bond acceptors (Lipinski definition) is 4. The Morgan fingerprint density at radius 3 is 2.39 bits per heavy atom. The van der Waals surface area contributed by atoms with Gasteiger partial charge in [0.05, 0.1) is 18.6 Å². The molecule has 0 aliphatic rings. The van der Waals surface area contributed by atoms with Crippen molar-refractivity contribution in [2.75, 3.05) is 0 Å². The summed E-state index contributed by atoms with van der Waals surface area (Å²) >= 11 is 0. The number of rotatable bonds is 7. The maximum atomic E-state index is 12.8. The molecule has 2 N–H and O–H groups in total. The molecule has 0 aliphatic heterocycles. The summed E-state index contributed by atoms with van der Waals surface area (Å²) in [7, 11) is 0. The molecule has 2 atom stereocenters. The van der Waals surface area contributed by atoms with Crippen LogP contribution in [0.3, 0.4) is 0 Å². The minimum atomic E-state index is -0.662. The first kappa shape index (κ1) is 19.4. The fraction of sp³-hybridized carbons (Fsp3) is 0.286. The number of hydrogen-bond donors (Lipinski definition) is 2. The second-order valence-corrected chi connectivity index (χ2v) is 6.96. The molecule has 2 unspecified atom stereocenters. The first-order valence-electron chi connectivity index (χ1n) is 9.18. The van der Waals surface area contributed by atoms with Gasteiger partial charge in [0.15, 0.2) is 5.76 Å². The number of nitrogens with zero attached hydrogens (tertiary/aromatic N) is 2. The summed E-state index contributed by atoms with van der Waals surface area (Å²) in [6.45, 7) is 5.68. The van der Waals surface area contributed by atoms with E-state index >= 15 is 0 Å². The van der Waals surface area contributed by atoms with Crippen molar-refractivity contribution in [3.63, 3.8) is 0 Å². The lowest BCUT2D eigenvalue weighted by Gasteiger charge is -2.24. The van der Waals surface area contributed by atoms with E-state index in [4.69, 9.17) is 4.42 Å². The zero-order valence-electron chi connectivity index (χ0n) is 16.1. The summed E-state index contributed by atoms with van der Waals surface area (Å²) < 4.78 is 7.01. The van der Waals surface area contributed by atoms with Gasteiger partial charge in [-0.15, -0.1) is 0 Å². The van der Waals surface area contributed by atoms with Crippen molar-refractivity contribution >= 4 is 11.8 Å². The molecule has 7 nitrogen and oxygen atoms in total. The highest BCUT2D eigenvalue weighted by molar-refractivity contribution is 5.95. The maximum Gasteiger partial charge on any atom is 0.287 e. The highest BCUT2D eigenvalue weighted by Crippen LogP contribution is 2.16. The molecule has 3 aromatic rings. The Bertz CT molecular complexity index is 900. The molecule has 2 heterocycles. The summed E-state index contributed by atoms with van der Waals surface area (Å²) in [4.78, 5) is 29.0. The molecule has 0 spiro atoms. The summed E-state index contributed by atoms with van der Waals surface area (Å²) in [5.74, 6) is -0.534. The van der Waals surface area contributed by atoms with E-state index < -0.39 is 11.9 Å². The molecule has 28 heavy (non-hydrogen) atoms.